The summed E-state index contributed by atoms with van der Waals surface area (Å²) in [5, 5.41) is 2.76. The van der Waals surface area contributed by atoms with Gasteiger partial charge in [-0.05, 0) is 25.0 Å². The number of sulfonamides is 1. The Kier molecular flexibility index (Phi) is 6.01. The van der Waals surface area contributed by atoms with E-state index >= 15 is 0 Å². The molecule has 6 heteroatoms. The molecule has 1 atom stereocenters. The first kappa shape index (κ1) is 16.5. The number of hydrogen-bond acceptors (Lipinski definition) is 3. The molecule has 0 saturated carbocycles. The van der Waals surface area contributed by atoms with Gasteiger partial charge in [0.25, 0.3) is 0 Å². The third-order valence-electron chi connectivity index (χ3n) is 2.89. The Labute approximate surface area is 121 Å². The highest BCUT2D eigenvalue weighted by atomic mass is 32.2. The molecule has 20 heavy (non-hydrogen) atoms. The van der Waals surface area contributed by atoms with Crippen molar-refractivity contribution in [2.45, 2.75) is 32.7 Å². The zero-order valence-corrected chi connectivity index (χ0v) is 13.0. The minimum atomic E-state index is -3.53. The summed E-state index contributed by atoms with van der Waals surface area (Å²) < 4.78 is 25.3. The van der Waals surface area contributed by atoms with Crippen LogP contribution in [0.5, 0.6) is 0 Å². The maximum Gasteiger partial charge on any atom is 0.243 e. The second-order valence-corrected chi connectivity index (χ2v) is 6.47. The van der Waals surface area contributed by atoms with Crippen LogP contribution in [0.4, 0.5) is 5.69 Å². The molecule has 1 rings (SSSR count). The lowest BCUT2D eigenvalue weighted by Gasteiger charge is -2.30. The fourth-order valence-electron chi connectivity index (χ4n) is 2.00. The Hall–Kier alpha value is -1.56. The molecular weight excluding hydrogens is 276 g/mol. The van der Waals surface area contributed by atoms with Crippen LogP contribution in [-0.4, -0.2) is 33.2 Å². The van der Waals surface area contributed by atoms with E-state index in [0.29, 0.717) is 18.7 Å². The maximum absolute atomic E-state index is 12.2. The van der Waals surface area contributed by atoms with Gasteiger partial charge in [0, 0.05) is 6.54 Å². The topological polar surface area (TPSA) is 66.5 Å². The van der Waals surface area contributed by atoms with E-state index in [2.05, 4.69) is 5.32 Å². The van der Waals surface area contributed by atoms with Crippen LogP contribution in [0.25, 0.3) is 0 Å². The van der Waals surface area contributed by atoms with Gasteiger partial charge in [0.2, 0.25) is 15.9 Å². The van der Waals surface area contributed by atoms with Gasteiger partial charge in [-0.15, -0.1) is 0 Å². The average molecular weight is 298 g/mol. The molecule has 0 bridgehead atoms. The van der Waals surface area contributed by atoms with Gasteiger partial charge in [0.1, 0.15) is 6.04 Å². The molecule has 0 saturated heterocycles. The van der Waals surface area contributed by atoms with E-state index in [4.69, 9.17) is 0 Å². The summed E-state index contributed by atoms with van der Waals surface area (Å²) in [5.41, 5.74) is 0.508. The molecule has 0 heterocycles. The first-order valence-electron chi connectivity index (χ1n) is 6.74. The number of hydrogen-bond donors (Lipinski definition) is 1. The molecule has 1 aromatic carbocycles. The predicted molar refractivity (Wildman–Crippen MR) is 81.1 cm³/mol. The molecule has 0 aliphatic heterocycles. The van der Waals surface area contributed by atoms with E-state index in [-0.39, 0.29) is 5.91 Å². The molecule has 0 aromatic heterocycles. The molecule has 0 fully saturated rings. The molecule has 0 radical (unpaired) electrons. The summed E-state index contributed by atoms with van der Waals surface area (Å²) in [7, 11) is -3.53. The molecule has 112 valence electrons. The predicted octanol–water partition coefficient (Wildman–Crippen LogP) is 1.76. The minimum Gasteiger partial charge on any atom is -0.354 e. The van der Waals surface area contributed by atoms with Crippen molar-refractivity contribution in [1.82, 2.24) is 5.32 Å². The lowest BCUT2D eigenvalue weighted by atomic mass is 10.2. The Morgan fingerprint density at radius 3 is 2.30 bits per heavy atom. The molecule has 5 nitrogen and oxygen atoms in total. The van der Waals surface area contributed by atoms with Crippen molar-refractivity contribution in [2.24, 2.45) is 0 Å². The summed E-state index contributed by atoms with van der Waals surface area (Å²) in [5.74, 6) is -0.261. The van der Waals surface area contributed by atoms with Crippen molar-refractivity contribution in [2.75, 3.05) is 17.1 Å². The zero-order chi connectivity index (χ0) is 15.2. The highest BCUT2D eigenvalue weighted by molar-refractivity contribution is 7.92. The Balaban J connectivity index is 3.13. The molecule has 1 N–H and O–H groups in total. The van der Waals surface area contributed by atoms with Gasteiger partial charge < -0.3 is 5.32 Å². The summed E-state index contributed by atoms with van der Waals surface area (Å²) >= 11 is 0. The number of anilines is 1. The smallest absolute Gasteiger partial charge is 0.243 e. The number of nitrogens with one attached hydrogen (secondary N) is 1. The fourth-order valence-corrected chi connectivity index (χ4v) is 3.21. The average Bonchev–Trinajstić information content (AvgIpc) is 2.41. The van der Waals surface area contributed by atoms with Gasteiger partial charge in [0.05, 0.1) is 11.9 Å². The van der Waals surface area contributed by atoms with Crippen molar-refractivity contribution in [3.05, 3.63) is 30.3 Å². The van der Waals surface area contributed by atoms with Crippen molar-refractivity contribution in [3.8, 4) is 0 Å². The van der Waals surface area contributed by atoms with Crippen molar-refractivity contribution < 1.29 is 13.2 Å². The van der Waals surface area contributed by atoms with Gasteiger partial charge in [-0.2, -0.15) is 0 Å². The fraction of sp³-hybridized carbons (Fsp3) is 0.500. The van der Waals surface area contributed by atoms with Crippen LogP contribution in [0.1, 0.15) is 26.7 Å². The van der Waals surface area contributed by atoms with Crippen LogP contribution in [0.2, 0.25) is 0 Å². The summed E-state index contributed by atoms with van der Waals surface area (Å²) in [6.07, 6.45) is 2.35. The first-order valence-corrected chi connectivity index (χ1v) is 8.58. The highest BCUT2D eigenvalue weighted by Crippen LogP contribution is 2.21. The third-order valence-corrected chi connectivity index (χ3v) is 4.07. The number of amides is 1. The molecule has 1 unspecified atom stereocenters. The number of carbonyl (C=O) groups excluding carboxylic acids is 1. The van der Waals surface area contributed by atoms with Crippen LogP contribution in [0, 0.1) is 0 Å². The van der Waals surface area contributed by atoms with Gasteiger partial charge in [-0.1, -0.05) is 32.0 Å². The Morgan fingerprint density at radius 2 is 1.85 bits per heavy atom. The number of rotatable bonds is 7. The number of para-hydroxylation sites is 1. The van der Waals surface area contributed by atoms with E-state index in [1.54, 1.807) is 31.2 Å². The lowest BCUT2D eigenvalue weighted by molar-refractivity contribution is -0.122. The van der Waals surface area contributed by atoms with Gasteiger partial charge in [0.15, 0.2) is 0 Å². The number of carbonyl (C=O) groups is 1. The molecular formula is C14H22N2O3S. The van der Waals surface area contributed by atoms with Crippen LogP contribution in [0.15, 0.2) is 30.3 Å². The molecule has 0 aliphatic carbocycles. The van der Waals surface area contributed by atoms with E-state index in [9.17, 15) is 13.2 Å². The van der Waals surface area contributed by atoms with E-state index in [1.165, 1.54) is 4.31 Å². The minimum absolute atomic E-state index is 0.261. The number of benzene rings is 1. The first-order chi connectivity index (χ1) is 9.41. The van der Waals surface area contributed by atoms with E-state index < -0.39 is 16.1 Å². The summed E-state index contributed by atoms with van der Waals surface area (Å²) in [4.78, 5) is 12.2. The van der Waals surface area contributed by atoms with Crippen LogP contribution >= 0.6 is 0 Å². The van der Waals surface area contributed by atoms with Crippen LogP contribution in [0.3, 0.4) is 0 Å². The van der Waals surface area contributed by atoms with Crippen LogP contribution < -0.4 is 9.62 Å². The summed E-state index contributed by atoms with van der Waals surface area (Å²) in [6, 6.07) is 7.98. The standard InChI is InChI=1S/C14H22N2O3S/c1-4-11-15-14(17)13(5-2)16(20(3,18)19)12-9-7-6-8-10-12/h6-10,13H,4-5,11H2,1-3H3,(H,15,17). The SMILES string of the molecule is CCCNC(=O)C(CC)N(c1ccccc1)S(C)(=O)=O. The van der Waals surface area contributed by atoms with Crippen molar-refractivity contribution in [3.63, 3.8) is 0 Å². The molecule has 1 amide bonds. The Morgan fingerprint density at radius 1 is 1.25 bits per heavy atom. The van der Waals surface area contributed by atoms with Gasteiger partial charge in [-0.25, -0.2) is 8.42 Å². The number of nitrogens with zero attached hydrogens (tertiary/aromatic N) is 1. The Bertz CT molecular complexity index is 529. The van der Waals surface area contributed by atoms with Crippen LogP contribution in [-0.2, 0) is 14.8 Å². The largest absolute Gasteiger partial charge is 0.354 e. The normalized spacial score (nSPS) is 12.8. The monoisotopic (exact) mass is 298 g/mol. The third kappa shape index (κ3) is 4.23. The molecule has 0 spiro atoms. The van der Waals surface area contributed by atoms with E-state index in [1.807, 2.05) is 13.0 Å². The maximum atomic E-state index is 12.2. The highest BCUT2D eigenvalue weighted by Gasteiger charge is 2.30. The van der Waals surface area contributed by atoms with Crippen molar-refractivity contribution in [1.29, 1.82) is 0 Å². The second-order valence-electron chi connectivity index (χ2n) is 4.61. The van der Waals surface area contributed by atoms with Crippen molar-refractivity contribution >= 4 is 21.6 Å². The van der Waals surface area contributed by atoms with Gasteiger partial charge in [-0.3, -0.25) is 9.10 Å². The van der Waals surface area contributed by atoms with Gasteiger partial charge >= 0.3 is 0 Å². The van der Waals surface area contributed by atoms with E-state index in [0.717, 1.165) is 12.7 Å². The zero-order valence-electron chi connectivity index (χ0n) is 12.2. The second kappa shape index (κ2) is 7.28. The molecule has 0 aliphatic rings. The molecule has 1 aromatic rings. The quantitative estimate of drug-likeness (QED) is 0.834. The lowest BCUT2D eigenvalue weighted by Crippen LogP contribution is -2.49. The summed E-state index contributed by atoms with van der Waals surface area (Å²) in [6.45, 7) is 4.30.